The second kappa shape index (κ2) is 6.05. The number of likely N-dealkylation sites (tertiary alicyclic amines) is 1. The molecule has 1 fully saturated rings. The molecule has 0 spiro atoms. The number of halogens is 3. The highest BCUT2D eigenvalue weighted by atomic mass is 19.4. The largest absolute Gasteiger partial charge is 0.411 e. The van der Waals surface area contributed by atoms with Crippen LogP contribution < -0.4 is 0 Å². The molecule has 0 atom stereocenters. The molecule has 0 aromatic carbocycles. The van der Waals surface area contributed by atoms with Crippen LogP contribution in [0.15, 0.2) is 5.16 Å². The van der Waals surface area contributed by atoms with Crippen molar-refractivity contribution in [1.29, 1.82) is 0 Å². The molecule has 1 N–H and O–H groups in total. The van der Waals surface area contributed by atoms with E-state index in [0.717, 1.165) is 5.71 Å². The van der Waals surface area contributed by atoms with E-state index < -0.39 is 12.8 Å². The van der Waals surface area contributed by atoms with E-state index >= 15 is 0 Å². The van der Waals surface area contributed by atoms with Crippen LogP contribution in [-0.4, -0.2) is 54.8 Å². The molecule has 1 aliphatic heterocycles. The molecule has 1 heterocycles. The van der Waals surface area contributed by atoms with Crippen molar-refractivity contribution in [2.45, 2.75) is 19.0 Å². The third-order valence-electron chi connectivity index (χ3n) is 2.39. The van der Waals surface area contributed by atoms with Crippen molar-refractivity contribution in [3.8, 4) is 0 Å². The first-order valence-electron chi connectivity index (χ1n) is 5.08. The third-order valence-corrected chi connectivity index (χ3v) is 2.39. The maximum atomic E-state index is 11.7. The molecule has 0 bridgehead atoms. The molecule has 0 aliphatic carbocycles. The lowest BCUT2D eigenvalue weighted by molar-refractivity contribution is -0.174. The van der Waals surface area contributed by atoms with Gasteiger partial charge in [0.25, 0.3) is 0 Å². The van der Waals surface area contributed by atoms with Crippen LogP contribution in [0.4, 0.5) is 13.2 Å². The van der Waals surface area contributed by atoms with Gasteiger partial charge in [-0.25, -0.2) is 0 Å². The molecule has 1 rings (SSSR count). The molecule has 1 aliphatic rings. The molecule has 0 saturated carbocycles. The Labute approximate surface area is 91.7 Å². The fourth-order valence-corrected chi connectivity index (χ4v) is 1.52. The second-order valence-corrected chi connectivity index (χ2v) is 3.68. The molecule has 0 amide bonds. The van der Waals surface area contributed by atoms with E-state index in [4.69, 9.17) is 5.21 Å². The Morgan fingerprint density at radius 2 is 1.94 bits per heavy atom. The lowest BCUT2D eigenvalue weighted by Gasteiger charge is -2.26. The maximum absolute atomic E-state index is 11.7. The van der Waals surface area contributed by atoms with Crippen molar-refractivity contribution in [1.82, 2.24) is 4.90 Å². The van der Waals surface area contributed by atoms with Gasteiger partial charge < -0.3 is 14.8 Å². The number of ether oxygens (including phenoxy) is 1. The molecular weight excluding hydrogens is 225 g/mol. The summed E-state index contributed by atoms with van der Waals surface area (Å²) in [6, 6.07) is 0. The van der Waals surface area contributed by atoms with Crippen molar-refractivity contribution >= 4 is 5.71 Å². The van der Waals surface area contributed by atoms with E-state index in [9.17, 15) is 13.2 Å². The van der Waals surface area contributed by atoms with Gasteiger partial charge in [-0.15, -0.1) is 0 Å². The van der Waals surface area contributed by atoms with Crippen LogP contribution in [0.25, 0.3) is 0 Å². The van der Waals surface area contributed by atoms with Crippen molar-refractivity contribution in [2.24, 2.45) is 5.16 Å². The molecule has 94 valence electrons. The number of piperidine rings is 1. The number of hydrogen-bond acceptors (Lipinski definition) is 4. The Morgan fingerprint density at radius 3 is 2.44 bits per heavy atom. The van der Waals surface area contributed by atoms with Crippen LogP contribution >= 0.6 is 0 Å². The molecular formula is C9H15F3N2O2. The minimum absolute atomic E-state index is 0.0745. The van der Waals surface area contributed by atoms with Gasteiger partial charge in [-0.3, -0.25) is 0 Å². The van der Waals surface area contributed by atoms with Crippen LogP contribution in [0.5, 0.6) is 0 Å². The fraction of sp³-hybridized carbons (Fsp3) is 0.889. The Kier molecular flexibility index (Phi) is 5.01. The quantitative estimate of drug-likeness (QED) is 0.460. The highest BCUT2D eigenvalue weighted by Gasteiger charge is 2.27. The van der Waals surface area contributed by atoms with Crippen molar-refractivity contribution in [2.75, 3.05) is 32.8 Å². The monoisotopic (exact) mass is 240 g/mol. The number of alkyl halides is 3. The van der Waals surface area contributed by atoms with Gasteiger partial charge in [-0.1, -0.05) is 5.16 Å². The van der Waals surface area contributed by atoms with Gasteiger partial charge in [0.05, 0.1) is 12.3 Å². The summed E-state index contributed by atoms with van der Waals surface area (Å²) >= 11 is 0. The van der Waals surface area contributed by atoms with E-state index in [2.05, 4.69) is 9.89 Å². The average Bonchev–Trinajstić information content (AvgIpc) is 2.24. The van der Waals surface area contributed by atoms with Gasteiger partial charge in [0, 0.05) is 32.5 Å². The van der Waals surface area contributed by atoms with Crippen LogP contribution in [0.2, 0.25) is 0 Å². The maximum Gasteiger partial charge on any atom is 0.411 e. The second-order valence-electron chi connectivity index (χ2n) is 3.68. The standard InChI is InChI=1S/C9H15F3N2O2/c10-9(11,12)7-16-6-5-14-3-1-8(13-15)2-4-14/h15H,1-7H2. The zero-order valence-corrected chi connectivity index (χ0v) is 8.83. The van der Waals surface area contributed by atoms with Gasteiger partial charge in [0.2, 0.25) is 0 Å². The molecule has 0 unspecified atom stereocenters. The van der Waals surface area contributed by atoms with E-state index in [0.29, 0.717) is 32.5 Å². The SMILES string of the molecule is ON=C1CCN(CCOCC(F)(F)F)CC1. The van der Waals surface area contributed by atoms with Gasteiger partial charge in [0.1, 0.15) is 6.61 Å². The minimum atomic E-state index is -4.25. The van der Waals surface area contributed by atoms with Crippen LogP contribution in [0, 0.1) is 0 Å². The average molecular weight is 240 g/mol. The van der Waals surface area contributed by atoms with Crippen molar-refractivity contribution in [3.63, 3.8) is 0 Å². The normalized spacial score (nSPS) is 18.8. The summed E-state index contributed by atoms with van der Waals surface area (Å²) < 4.78 is 39.7. The van der Waals surface area contributed by atoms with Crippen LogP contribution in [0.3, 0.4) is 0 Å². The zero-order valence-electron chi connectivity index (χ0n) is 8.83. The smallest absolute Gasteiger partial charge is 0.411 e. The van der Waals surface area contributed by atoms with Crippen LogP contribution in [-0.2, 0) is 4.74 Å². The number of nitrogens with zero attached hydrogens (tertiary/aromatic N) is 2. The lowest BCUT2D eigenvalue weighted by Crippen LogP contribution is -2.36. The highest BCUT2D eigenvalue weighted by molar-refractivity contribution is 5.84. The Hall–Kier alpha value is -0.820. The Balaban J connectivity index is 2.07. The summed E-state index contributed by atoms with van der Waals surface area (Å²) in [5.41, 5.74) is 0.743. The summed E-state index contributed by atoms with van der Waals surface area (Å²) in [6.07, 6.45) is -2.93. The number of oxime groups is 1. The van der Waals surface area contributed by atoms with Crippen LogP contribution in [0.1, 0.15) is 12.8 Å². The minimum Gasteiger partial charge on any atom is -0.411 e. The number of hydrogen-bond donors (Lipinski definition) is 1. The third kappa shape index (κ3) is 5.32. The predicted molar refractivity (Wildman–Crippen MR) is 51.8 cm³/mol. The molecule has 4 nitrogen and oxygen atoms in total. The van der Waals surface area contributed by atoms with Crippen molar-refractivity contribution < 1.29 is 23.1 Å². The summed E-state index contributed by atoms with van der Waals surface area (Å²) in [5.74, 6) is 0. The first-order chi connectivity index (χ1) is 7.51. The summed E-state index contributed by atoms with van der Waals surface area (Å²) in [4.78, 5) is 1.99. The Morgan fingerprint density at radius 1 is 1.31 bits per heavy atom. The fourth-order valence-electron chi connectivity index (χ4n) is 1.52. The first kappa shape index (κ1) is 13.2. The molecule has 1 saturated heterocycles. The molecule has 0 aromatic rings. The van der Waals surface area contributed by atoms with Gasteiger partial charge in [-0.2, -0.15) is 13.2 Å². The molecule has 16 heavy (non-hydrogen) atoms. The zero-order chi connectivity index (χ0) is 12.0. The van der Waals surface area contributed by atoms with Crippen molar-refractivity contribution in [3.05, 3.63) is 0 Å². The van der Waals surface area contributed by atoms with Gasteiger partial charge in [-0.05, 0) is 0 Å². The number of rotatable bonds is 4. The molecule has 0 radical (unpaired) electrons. The lowest BCUT2D eigenvalue weighted by atomic mass is 10.1. The summed E-state index contributed by atoms with van der Waals surface area (Å²) in [5, 5.41) is 11.6. The summed E-state index contributed by atoms with van der Waals surface area (Å²) in [6.45, 7) is 0.771. The van der Waals surface area contributed by atoms with E-state index in [1.807, 2.05) is 4.90 Å². The van der Waals surface area contributed by atoms with E-state index in [-0.39, 0.29) is 6.61 Å². The summed E-state index contributed by atoms with van der Waals surface area (Å²) in [7, 11) is 0. The van der Waals surface area contributed by atoms with Gasteiger partial charge in [0.15, 0.2) is 0 Å². The Bertz CT molecular complexity index is 233. The highest BCUT2D eigenvalue weighted by Crippen LogP contribution is 2.14. The van der Waals surface area contributed by atoms with E-state index in [1.165, 1.54) is 0 Å². The first-order valence-corrected chi connectivity index (χ1v) is 5.08. The topological polar surface area (TPSA) is 45.1 Å². The molecule has 7 heteroatoms. The predicted octanol–water partition coefficient (Wildman–Crippen LogP) is 1.49. The van der Waals surface area contributed by atoms with E-state index in [1.54, 1.807) is 0 Å². The van der Waals surface area contributed by atoms with Gasteiger partial charge >= 0.3 is 6.18 Å². The molecule has 0 aromatic heterocycles.